The smallest absolute Gasteiger partial charge is 0.260 e. The monoisotopic (exact) mass is 355 g/mol. The molecule has 1 aliphatic heterocycles. The number of anilines is 1. The minimum absolute atomic E-state index is 0.0929. The third kappa shape index (κ3) is 3.71. The number of hydrogen-bond donors (Lipinski definition) is 3. The van der Waals surface area contributed by atoms with Gasteiger partial charge in [-0.15, -0.1) is 0 Å². The zero-order valence-electron chi connectivity index (χ0n) is 15.0. The second-order valence-electron chi connectivity index (χ2n) is 6.82. The summed E-state index contributed by atoms with van der Waals surface area (Å²) in [4.78, 5) is 26.1. The molecule has 1 unspecified atom stereocenters. The molecule has 6 heteroatoms. The molecule has 1 aromatic rings. The first-order valence-corrected chi connectivity index (χ1v) is 9.03. The summed E-state index contributed by atoms with van der Waals surface area (Å²) in [6.45, 7) is 2.62. The minimum atomic E-state index is -1.02. The van der Waals surface area contributed by atoms with Gasteiger partial charge in [-0.2, -0.15) is 0 Å². The van der Waals surface area contributed by atoms with Crippen LogP contribution in [0, 0.1) is 0 Å². The van der Waals surface area contributed by atoms with Gasteiger partial charge < -0.3 is 16.2 Å². The topological polar surface area (TPSA) is 95.7 Å². The van der Waals surface area contributed by atoms with E-state index in [1.165, 1.54) is 10.5 Å². The van der Waals surface area contributed by atoms with Crippen LogP contribution in [0.15, 0.2) is 41.6 Å². The SMILES string of the molecule is CC1=CC=C(N2C(=O)c3ccc(NC(=O)CCCCN)cc3C2O)CC1. The number of amides is 2. The molecule has 1 heterocycles. The lowest BCUT2D eigenvalue weighted by molar-refractivity contribution is -0.116. The van der Waals surface area contributed by atoms with Crippen molar-refractivity contribution in [3.63, 3.8) is 0 Å². The molecular formula is C20H25N3O3. The third-order valence-electron chi connectivity index (χ3n) is 4.81. The Bertz CT molecular complexity index is 783. The van der Waals surface area contributed by atoms with Gasteiger partial charge in [-0.05, 0) is 63.4 Å². The molecule has 4 N–H and O–H groups in total. The maximum atomic E-state index is 12.7. The molecule has 138 valence electrons. The van der Waals surface area contributed by atoms with E-state index in [4.69, 9.17) is 5.73 Å². The molecule has 1 atom stereocenters. The highest BCUT2D eigenvalue weighted by molar-refractivity contribution is 6.01. The van der Waals surface area contributed by atoms with Gasteiger partial charge in [0.15, 0.2) is 6.23 Å². The molecule has 1 aromatic carbocycles. The van der Waals surface area contributed by atoms with Gasteiger partial charge in [0.1, 0.15) is 0 Å². The van der Waals surface area contributed by atoms with Crippen LogP contribution in [0.2, 0.25) is 0 Å². The Morgan fingerprint density at radius 2 is 2.12 bits per heavy atom. The number of rotatable bonds is 6. The van der Waals surface area contributed by atoms with Crippen LogP contribution in [0.5, 0.6) is 0 Å². The first-order chi connectivity index (χ1) is 12.5. The number of hydrogen-bond acceptors (Lipinski definition) is 4. The number of fused-ring (bicyclic) bond motifs is 1. The van der Waals surface area contributed by atoms with Crippen molar-refractivity contribution in [3.05, 3.63) is 52.7 Å². The second kappa shape index (κ2) is 7.85. The zero-order chi connectivity index (χ0) is 18.7. The number of allylic oxidation sites excluding steroid dienone is 4. The Balaban J connectivity index is 1.75. The fourth-order valence-corrected chi connectivity index (χ4v) is 3.30. The van der Waals surface area contributed by atoms with E-state index in [1.807, 2.05) is 19.1 Å². The molecule has 3 rings (SSSR count). The summed E-state index contributed by atoms with van der Waals surface area (Å²) in [5, 5.41) is 13.5. The van der Waals surface area contributed by atoms with Crippen molar-refractivity contribution in [1.82, 2.24) is 4.90 Å². The van der Waals surface area contributed by atoms with E-state index in [1.54, 1.807) is 18.2 Å². The largest absolute Gasteiger partial charge is 0.369 e. The molecule has 0 radical (unpaired) electrons. The van der Waals surface area contributed by atoms with E-state index in [0.29, 0.717) is 29.8 Å². The Hall–Kier alpha value is -2.44. The summed E-state index contributed by atoms with van der Waals surface area (Å²) in [5.41, 5.74) is 9.10. The molecule has 0 saturated carbocycles. The molecule has 0 aromatic heterocycles. The van der Waals surface area contributed by atoms with E-state index >= 15 is 0 Å². The Kier molecular flexibility index (Phi) is 5.54. The minimum Gasteiger partial charge on any atom is -0.369 e. The number of aliphatic hydroxyl groups is 1. The fraction of sp³-hybridized carbons (Fsp3) is 0.400. The van der Waals surface area contributed by atoms with Gasteiger partial charge in [-0.3, -0.25) is 14.5 Å². The van der Waals surface area contributed by atoms with Crippen LogP contribution >= 0.6 is 0 Å². The van der Waals surface area contributed by atoms with Crippen molar-refractivity contribution in [2.45, 2.75) is 45.3 Å². The van der Waals surface area contributed by atoms with E-state index in [9.17, 15) is 14.7 Å². The van der Waals surface area contributed by atoms with Crippen molar-refractivity contribution < 1.29 is 14.7 Å². The molecule has 1 aliphatic carbocycles. The summed E-state index contributed by atoms with van der Waals surface area (Å²) >= 11 is 0. The summed E-state index contributed by atoms with van der Waals surface area (Å²) < 4.78 is 0. The first-order valence-electron chi connectivity index (χ1n) is 9.03. The Morgan fingerprint density at radius 1 is 1.31 bits per heavy atom. The zero-order valence-corrected chi connectivity index (χ0v) is 15.0. The lowest BCUT2D eigenvalue weighted by atomic mass is 10.0. The van der Waals surface area contributed by atoms with Crippen LogP contribution in [0.1, 0.15) is 61.2 Å². The van der Waals surface area contributed by atoms with Crippen LogP contribution < -0.4 is 11.1 Å². The van der Waals surface area contributed by atoms with Crippen molar-refractivity contribution in [2.75, 3.05) is 11.9 Å². The Labute approximate surface area is 153 Å². The number of nitrogens with two attached hydrogens (primary N) is 1. The fourth-order valence-electron chi connectivity index (χ4n) is 3.30. The van der Waals surface area contributed by atoms with Gasteiger partial charge in [0.05, 0.1) is 0 Å². The van der Waals surface area contributed by atoms with Crippen molar-refractivity contribution in [3.8, 4) is 0 Å². The Morgan fingerprint density at radius 3 is 2.81 bits per heavy atom. The quantitative estimate of drug-likeness (QED) is 0.684. The summed E-state index contributed by atoms with van der Waals surface area (Å²) in [6, 6.07) is 5.05. The van der Waals surface area contributed by atoms with Crippen LogP contribution in [-0.2, 0) is 4.79 Å². The molecule has 0 bridgehead atoms. The van der Waals surface area contributed by atoms with Gasteiger partial charge in [0.2, 0.25) is 5.91 Å². The lowest BCUT2D eigenvalue weighted by Gasteiger charge is -2.25. The van der Waals surface area contributed by atoms with E-state index in [-0.39, 0.29) is 11.8 Å². The van der Waals surface area contributed by atoms with Gasteiger partial charge in [-0.25, -0.2) is 0 Å². The number of unbranched alkanes of at least 4 members (excludes halogenated alkanes) is 1. The highest BCUT2D eigenvalue weighted by Crippen LogP contribution is 2.38. The van der Waals surface area contributed by atoms with Gasteiger partial charge in [0, 0.05) is 28.9 Å². The summed E-state index contributed by atoms with van der Waals surface area (Å²) in [7, 11) is 0. The lowest BCUT2D eigenvalue weighted by Crippen LogP contribution is -2.27. The third-order valence-corrected chi connectivity index (χ3v) is 4.81. The van der Waals surface area contributed by atoms with Gasteiger partial charge in [0.25, 0.3) is 5.91 Å². The van der Waals surface area contributed by atoms with Crippen molar-refractivity contribution in [2.24, 2.45) is 5.73 Å². The summed E-state index contributed by atoms with van der Waals surface area (Å²) in [6.07, 6.45) is 6.41. The van der Waals surface area contributed by atoms with E-state index in [0.717, 1.165) is 31.4 Å². The number of benzene rings is 1. The normalized spacial score (nSPS) is 19.1. The highest BCUT2D eigenvalue weighted by atomic mass is 16.3. The van der Waals surface area contributed by atoms with Crippen LogP contribution in [-0.4, -0.2) is 28.4 Å². The maximum Gasteiger partial charge on any atom is 0.260 e. The molecule has 0 saturated heterocycles. The molecular weight excluding hydrogens is 330 g/mol. The molecule has 0 fully saturated rings. The second-order valence-corrected chi connectivity index (χ2v) is 6.82. The number of nitrogens with zero attached hydrogens (tertiary/aromatic N) is 1. The number of carbonyl (C=O) groups is 2. The maximum absolute atomic E-state index is 12.7. The molecule has 2 amide bonds. The molecule has 26 heavy (non-hydrogen) atoms. The van der Waals surface area contributed by atoms with Gasteiger partial charge >= 0.3 is 0 Å². The standard InChI is InChI=1S/C20H25N3O3/c1-13-5-8-15(9-6-13)23-19(25)16-10-7-14(12-17(16)20(23)26)22-18(24)4-2-3-11-21/h5,7-8,10,12,20,26H,2-4,6,9,11,21H2,1H3,(H,22,24). The van der Waals surface area contributed by atoms with Crippen LogP contribution in [0.25, 0.3) is 0 Å². The van der Waals surface area contributed by atoms with Gasteiger partial charge in [-0.1, -0.05) is 11.6 Å². The van der Waals surface area contributed by atoms with Crippen LogP contribution in [0.3, 0.4) is 0 Å². The predicted octanol–water partition coefficient (Wildman–Crippen LogP) is 2.82. The molecule has 6 nitrogen and oxygen atoms in total. The highest BCUT2D eigenvalue weighted by Gasteiger charge is 2.37. The van der Waals surface area contributed by atoms with Crippen LogP contribution in [0.4, 0.5) is 5.69 Å². The first kappa shape index (κ1) is 18.4. The predicted molar refractivity (Wildman–Crippen MR) is 100 cm³/mol. The molecule has 0 spiro atoms. The average Bonchev–Trinajstić information content (AvgIpc) is 2.87. The number of nitrogens with one attached hydrogen (secondary N) is 1. The average molecular weight is 355 g/mol. The molecule has 2 aliphatic rings. The number of aliphatic hydroxyl groups excluding tert-OH is 1. The van der Waals surface area contributed by atoms with Crippen molar-refractivity contribution >= 4 is 17.5 Å². The number of carbonyl (C=O) groups excluding carboxylic acids is 2. The van der Waals surface area contributed by atoms with E-state index in [2.05, 4.69) is 5.32 Å². The summed E-state index contributed by atoms with van der Waals surface area (Å²) in [5.74, 6) is -0.294. The van der Waals surface area contributed by atoms with Crippen molar-refractivity contribution in [1.29, 1.82) is 0 Å². The van der Waals surface area contributed by atoms with E-state index < -0.39 is 6.23 Å².